The number of nitrogens with zero attached hydrogens (tertiary/aromatic N) is 4. The minimum Gasteiger partial charge on any atom is -0.341 e. The average molecular weight is 262 g/mol. The second-order valence-corrected chi connectivity index (χ2v) is 5.02. The van der Waals surface area contributed by atoms with Crippen LogP contribution in [-0.4, -0.2) is 47.5 Å². The molecule has 1 amide bonds. The SMILES string of the molecule is CCCCN(C)C(=O)c1ccnc(N2CCCC2)n1. The van der Waals surface area contributed by atoms with Gasteiger partial charge in [-0.2, -0.15) is 0 Å². The molecule has 0 bridgehead atoms. The van der Waals surface area contributed by atoms with Gasteiger partial charge in [-0.1, -0.05) is 13.3 Å². The Morgan fingerprint density at radius 2 is 2.16 bits per heavy atom. The summed E-state index contributed by atoms with van der Waals surface area (Å²) < 4.78 is 0. The first-order valence-corrected chi connectivity index (χ1v) is 7.06. The maximum Gasteiger partial charge on any atom is 0.272 e. The van der Waals surface area contributed by atoms with Crippen molar-refractivity contribution < 1.29 is 4.79 Å². The Balaban J connectivity index is 2.07. The molecule has 1 fully saturated rings. The van der Waals surface area contributed by atoms with Gasteiger partial charge >= 0.3 is 0 Å². The summed E-state index contributed by atoms with van der Waals surface area (Å²) in [5.41, 5.74) is 0.496. The molecule has 0 atom stereocenters. The summed E-state index contributed by atoms with van der Waals surface area (Å²) in [7, 11) is 1.83. The van der Waals surface area contributed by atoms with Gasteiger partial charge in [0.25, 0.3) is 5.91 Å². The molecule has 2 rings (SSSR count). The Labute approximate surface area is 114 Å². The molecular weight excluding hydrogens is 240 g/mol. The summed E-state index contributed by atoms with van der Waals surface area (Å²) in [5.74, 6) is 0.670. The van der Waals surface area contributed by atoms with E-state index in [9.17, 15) is 4.79 Å². The predicted molar refractivity (Wildman–Crippen MR) is 75.3 cm³/mol. The number of anilines is 1. The lowest BCUT2D eigenvalue weighted by Gasteiger charge is -2.18. The van der Waals surface area contributed by atoms with Crippen molar-refractivity contribution in [3.63, 3.8) is 0 Å². The zero-order valence-corrected chi connectivity index (χ0v) is 11.8. The van der Waals surface area contributed by atoms with Crippen LogP contribution in [0.5, 0.6) is 0 Å². The van der Waals surface area contributed by atoms with Gasteiger partial charge < -0.3 is 9.80 Å². The Morgan fingerprint density at radius 1 is 1.42 bits per heavy atom. The van der Waals surface area contributed by atoms with E-state index in [0.717, 1.165) is 32.5 Å². The topological polar surface area (TPSA) is 49.3 Å². The molecule has 2 heterocycles. The summed E-state index contributed by atoms with van der Waals surface area (Å²) in [4.78, 5) is 24.8. The minimum atomic E-state index is -0.0173. The van der Waals surface area contributed by atoms with Crippen LogP contribution in [0.4, 0.5) is 5.95 Å². The molecule has 19 heavy (non-hydrogen) atoms. The number of carbonyl (C=O) groups is 1. The highest BCUT2D eigenvalue weighted by Gasteiger charge is 2.18. The molecule has 0 saturated carbocycles. The Bertz CT molecular complexity index is 429. The van der Waals surface area contributed by atoms with Crippen LogP contribution < -0.4 is 4.90 Å². The quantitative estimate of drug-likeness (QED) is 0.814. The summed E-state index contributed by atoms with van der Waals surface area (Å²) in [6, 6.07) is 1.70. The molecule has 0 unspecified atom stereocenters. The molecule has 0 spiro atoms. The lowest BCUT2D eigenvalue weighted by molar-refractivity contribution is 0.0787. The van der Waals surface area contributed by atoms with Crippen molar-refractivity contribution >= 4 is 11.9 Å². The molecule has 1 aliphatic rings. The molecule has 0 radical (unpaired) electrons. The zero-order valence-electron chi connectivity index (χ0n) is 11.8. The molecule has 1 aliphatic heterocycles. The highest BCUT2D eigenvalue weighted by atomic mass is 16.2. The molecule has 0 N–H and O–H groups in total. The first-order chi connectivity index (χ1) is 9.22. The highest BCUT2D eigenvalue weighted by molar-refractivity contribution is 5.92. The Morgan fingerprint density at radius 3 is 2.84 bits per heavy atom. The van der Waals surface area contributed by atoms with E-state index in [1.165, 1.54) is 12.8 Å². The third-order valence-electron chi connectivity index (χ3n) is 3.44. The zero-order chi connectivity index (χ0) is 13.7. The second kappa shape index (κ2) is 6.50. The number of rotatable bonds is 5. The molecule has 0 aromatic carbocycles. The number of aromatic nitrogens is 2. The van der Waals surface area contributed by atoms with Crippen LogP contribution in [0.25, 0.3) is 0 Å². The van der Waals surface area contributed by atoms with E-state index in [2.05, 4.69) is 21.8 Å². The Kier molecular flexibility index (Phi) is 4.71. The van der Waals surface area contributed by atoms with Gasteiger partial charge in [-0.15, -0.1) is 0 Å². The van der Waals surface area contributed by atoms with E-state index in [1.807, 2.05) is 7.05 Å². The maximum absolute atomic E-state index is 12.2. The predicted octanol–water partition coefficient (Wildman–Crippen LogP) is 1.95. The number of carbonyl (C=O) groups excluding carboxylic acids is 1. The van der Waals surface area contributed by atoms with Gasteiger partial charge in [-0.05, 0) is 25.3 Å². The average Bonchev–Trinajstić information content (AvgIpc) is 2.98. The number of hydrogen-bond donors (Lipinski definition) is 0. The van der Waals surface area contributed by atoms with Gasteiger partial charge in [0.2, 0.25) is 5.95 Å². The van der Waals surface area contributed by atoms with Crippen molar-refractivity contribution in [3.05, 3.63) is 18.0 Å². The number of unbranched alkanes of at least 4 members (excludes halogenated alkanes) is 1. The number of hydrogen-bond acceptors (Lipinski definition) is 4. The smallest absolute Gasteiger partial charge is 0.272 e. The van der Waals surface area contributed by atoms with Crippen molar-refractivity contribution in [1.82, 2.24) is 14.9 Å². The molecule has 1 aromatic rings. The van der Waals surface area contributed by atoms with Gasteiger partial charge in [0, 0.05) is 32.9 Å². The normalized spacial score (nSPS) is 14.7. The largest absolute Gasteiger partial charge is 0.341 e. The molecule has 5 heteroatoms. The second-order valence-electron chi connectivity index (χ2n) is 5.02. The molecule has 1 aromatic heterocycles. The van der Waals surface area contributed by atoms with Crippen molar-refractivity contribution in [3.8, 4) is 0 Å². The van der Waals surface area contributed by atoms with E-state index >= 15 is 0 Å². The van der Waals surface area contributed by atoms with Gasteiger partial charge in [-0.25, -0.2) is 9.97 Å². The third kappa shape index (κ3) is 3.43. The van der Waals surface area contributed by atoms with E-state index in [0.29, 0.717) is 11.6 Å². The van der Waals surface area contributed by atoms with Crippen LogP contribution >= 0.6 is 0 Å². The first-order valence-electron chi connectivity index (χ1n) is 7.06. The van der Waals surface area contributed by atoms with Gasteiger partial charge in [0.15, 0.2) is 0 Å². The lowest BCUT2D eigenvalue weighted by Crippen LogP contribution is -2.29. The van der Waals surface area contributed by atoms with Crippen LogP contribution in [0.2, 0.25) is 0 Å². The van der Waals surface area contributed by atoms with E-state index in [-0.39, 0.29) is 5.91 Å². The van der Waals surface area contributed by atoms with E-state index < -0.39 is 0 Å². The fourth-order valence-electron chi connectivity index (χ4n) is 2.23. The first kappa shape index (κ1) is 13.8. The lowest BCUT2D eigenvalue weighted by atomic mass is 10.3. The molecule has 1 saturated heterocycles. The van der Waals surface area contributed by atoms with Gasteiger partial charge in [0.05, 0.1) is 0 Å². The Hall–Kier alpha value is -1.65. The van der Waals surface area contributed by atoms with Crippen molar-refractivity contribution in [1.29, 1.82) is 0 Å². The summed E-state index contributed by atoms with van der Waals surface area (Å²) >= 11 is 0. The van der Waals surface area contributed by atoms with E-state index in [4.69, 9.17) is 0 Å². The number of amides is 1. The van der Waals surface area contributed by atoms with Crippen LogP contribution in [0, 0.1) is 0 Å². The standard InChI is InChI=1S/C14H22N4O/c1-3-4-9-17(2)13(19)12-7-8-15-14(16-12)18-10-5-6-11-18/h7-8H,3-6,9-11H2,1-2H3. The molecule has 0 aliphatic carbocycles. The van der Waals surface area contributed by atoms with Crippen molar-refractivity contribution in [2.45, 2.75) is 32.6 Å². The monoisotopic (exact) mass is 262 g/mol. The van der Waals surface area contributed by atoms with Crippen molar-refractivity contribution in [2.24, 2.45) is 0 Å². The molecule has 104 valence electrons. The van der Waals surface area contributed by atoms with Gasteiger partial charge in [-0.3, -0.25) is 4.79 Å². The van der Waals surface area contributed by atoms with Crippen LogP contribution in [0.1, 0.15) is 43.1 Å². The van der Waals surface area contributed by atoms with Crippen molar-refractivity contribution in [2.75, 3.05) is 31.6 Å². The summed E-state index contributed by atoms with van der Waals surface area (Å²) in [6.45, 7) is 4.87. The van der Waals surface area contributed by atoms with Crippen LogP contribution in [0.3, 0.4) is 0 Å². The fourth-order valence-corrected chi connectivity index (χ4v) is 2.23. The van der Waals surface area contributed by atoms with Crippen LogP contribution in [0.15, 0.2) is 12.3 Å². The third-order valence-corrected chi connectivity index (χ3v) is 3.44. The highest BCUT2D eigenvalue weighted by Crippen LogP contribution is 2.15. The summed E-state index contributed by atoms with van der Waals surface area (Å²) in [5, 5.41) is 0. The van der Waals surface area contributed by atoms with Crippen LogP contribution in [-0.2, 0) is 0 Å². The maximum atomic E-state index is 12.2. The summed E-state index contributed by atoms with van der Waals surface area (Å²) in [6.07, 6.45) is 6.14. The van der Waals surface area contributed by atoms with Gasteiger partial charge in [0.1, 0.15) is 5.69 Å². The van der Waals surface area contributed by atoms with E-state index in [1.54, 1.807) is 17.2 Å². The fraction of sp³-hybridized carbons (Fsp3) is 0.643. The molecule has 5 nitrogen and oxygen atoms in total. The minimum absolute atomic E-state index is 0.0173. The molecular formula is C14H22N4O.